The molecule has 0 unspecified atom stereocenters. The van der Waals surface area contributed by atoms with Crippen LogP contribution in [-0.2, 0) is 16.6 Å². The average Bonchev–Trinajstić information content (AvgIpc) is 2.74. The van der Waals surface area contributed by atoms with Crippen molar-refractivity contribution in [1.29, 1.82) is 0 Å². The number of rotatable bonds is 9. The van der Waals surface area contributed by atoms with Crippen LogP contribution in [0.5, 0.6) is 11.5 Å². The van der Waals surface area contributed by atoms with Crippen molar-refractivity contribution >= 4 is 16.0 Å². The second kappa shape index (κ2) is 11.2. The van der Waals surface area contributed by atoms with Gasteiger partial charge in [0.25, 0.3) is 0 Å². The van der Waals surface area contributed by atoms with E-state index in [2.05, 4.69) is 24.8 Å². The second-order valence-electron chi connectivity index (χ2n) is 6.71. The summed E-state index contributed by atoms with van der Waals surface area (Å²) in [5.41, 5.74) is 1.10. The van der Waals surface area contributed by atoms with E-state index in [-0.39, 0.29) is 5.75 Å². The van der Waals surface area contributed by atoms with Crippen molar-refractivity contribution in [2.45, 2.75) is 13.5 Å². The van der Waals surface area contributed by atoms with Crippen LogP contribution in [0.2, 0.25) is 0 Å². The normalized spacial score (nSPS) is 16.0. The van der Waals surface area contributed by atoms with Crippen LogP contribution < -0.4 is 19.5 Å². The van der Waals surface area contributed by atoms with Crippen LogP contribution in [-0.4, -0.2) is 90.5 Å². The van der Waals surface area contributed by atoms with E-state index in [1.54, 1.807) is 28.2 Å². The molecular weight excluding hydrogens is 394 g/mol. The number of piperazine rings is 1. The Balaban J connectivity index is 1.83. The van der Waals surface area contributed by atoms with Crippen molar-refractivity contribution in [3.63, 3.8) is 0 Å². The molecule has 9 nitrogen and oxygen atoms in total. The third kappa shape index (κ3) is 7.06. The van der Waals surface area contributed by atoms with Crippen LogP contribution in [0, 0.1) is 0 Å². The van der Waals surface area contributed by atoms with Crippen LogP contribution in [0.15, 0.2) is 23.2 Å². The fourth-order valence-corrected chi connectivity index (χ4v) is 3.80. The van der Waals surface area contributed by atoms with Crippen LogP contribution in [0.4, 0.5) is 0 Å². The molecule has 29 heavy (non-hydrogen) atoms. The molecule has 2 N–H and O–H groups in total. The standard InChI is InChI=1S/C19H33N5O4S/c1-5-29(25,26)22-9-8-21-19(20-2)24-12-10-23(11-13-24)15-16-14-17(27-3)6-7-18(16)28-4/h6-7,14,22H,5,8-13,15H2,1-4H3,(H,20,21). The maximum absolute atomic E-state index is 11.5. The fraction of sp³-hybridized carbons (Fsp3) is 0.632. The molecule has 0 aliphatic carbocycles. The quantitative estimate of drug-likeness (QED) is 0.333. The van der Waals surface area contributed by atoms with Crippen molar-refractivity contribution in [1.82, 2.24) is 19.8 Å². The number of nitrogens with zero attached hydrogens (tertiary/aromatic N) is 3. The lowest BCUT2D eigenvalue weighted by Gasteiger charge is -2.36. The van der Waals surface area contributed by atoms with E-state index >= 15 is 0 Å². The summed E-state index contributed by atoms with van der Waals surface area (Å²) in [5, 5.41) is 3.23. The Morgan fingerprint density at radius 3 is 2.45 bits per heavy atom. The summed E-state index contributed by atoms with van der Waals surface area (Å²) >= 11 is 0. The molecule has 1 aromatic rings. The minimum absolute atomic E-state index is 0.0851. The molecule has 0 bridgehead atoms. The molecule has 164 valence electrons. The number of benzene rings is 1. The second-order valence-corrected chi connectivity index (χ2v) is 8.81. The summed E-state index contributed by atoms with van der Waals surface area (Å²) in [6.45, 7) is 6.71. The highest BCUT2D eigenvalue weighted by molar-refractivity contribution is 7.89. The predicted molar refractivity (Wildman–Crippen MR) is 115 cm³/mol. The Hall–Kier alpha value is -2.04. The summed E-state index contributed by atoms with van der Waals surface area (Å²) in [5.74, 6) is 2.56. The first-order valence-corrected chi connectivity index (χ1v) is 11.4. The maximum Gasteiger partial charge on any atom is 0.211 e. The average molecular weight is 428 g/mol. The van der Waals surface area contributed by atoms with Crippen LogP contribution in [0.1, 0.15) is 12.5 Å². The van der Waals surface area contributed by atoms with Gasteiger partial charge in [0.2, 0.25) is 10.0 Å². The topological polar surface area (TPSA) is 95.5 Å². The Bertz CT molecular complexity index is 777. The minimum Gasteiger partial charge on any atom is -0.497 e. The summed E-state index contributed by atoms with van der Waals surface area (Å²) in [4.78, 5) is 8.88. The summed E-state index contributed by atoms with van der Waals surface area (Å²) in [6, 6.07) is 5.85. The van der Waals surface area contributed by atoms with Gasteiger partial charge in [-0.1, -0.05) is 0 Å². The van der Waals surface area contributed by atoms with Gasteiger partial charge in [-0.15, -0.1) is 0 Å². The van der Waals surface area contributed by atoms with Gasteiger partial charge in [-0.05, 0) is 25.1 Å². The molecule has 1 heterocycles. The lowest BCUT2D eigenvalue weighted by Crippen LogP contribution is -2.53. The summed E-state index contributed by atoms with van der Waals surface area (Å²) in [7, 11) is 1.92. The third-order valence-corrected chi connectivity index (χ3v) is 6.28. The minimum atomic E-state index is -3.17. The number of nitrogens with one attached hydrogen (secondary N) is 2. The number of methoxy groups -OCH3 is 2. The van der Waals surface area contributed by atoms with Gasteiger partial charge in [0.05, 0.1) is 20.0 Å². The number of aliphatic imine (C=N–C) groups is 1. The molecule has 10 heteroatoms. The zero-order chi connectivity index (χ0) is 21.3. The van der Waals surface area contributed by atoms with Crippen molar-refractivity contribution in [3.8, 4) is 11.5 Å². The highest BCUT2D eigenvalue weighted by Crippen LogP contribution is 2.25. The Morgan fingerprint density at radius 2 is 1.86 bits per heavy atom. The Morgan fingerprint density at radius 1 is 1.14 bits per heavy atom. The van der Waals surface area contributed by atoms with E-state index in [0.29, 0.717) is 13.1 Å². The van der Waals surface area contributed by atoms with Gasteiger partial charge < -0.3 is 19.7 Å². The first-order valence-electron chi connectivity index (χ1n) is 9.78. The largest absolute Gasteiger partial charge is 0.497 e. The Labute approximate surface area is 174 Å². The molecule has 0 spiro atoms. The lowest BCUT2D eigenvalue weighted by molar-refractivity contribution is 0.171. The molecule has 0 atom stereocenters. The molecule has 0 aromatic heterocycles. The molecule has 0 saturated carbocycles. The van der Waals surface area contributed by atoms with Gasteiger partial charge in [0.15, 0.2) is 5.96 Å². The van der Waals surface area contributed by atoms with E-state index in [1.807, 2.05) is 18.2 Å². The van der Waals surface area contributed by atoms with E-state index < -0.39 is 10.0 Å². The zero-order valence-electron chi connectivity index (χ0n) is 17.8. The molecule has 1 aliphatic heterocycles. The van der Waals surface area contributed by atoms with Gasteiger partial charge in [-0.3, -0.25) is 9.89 Å². The van der Waals surface area contributed by atoms with E-state index in [4.69, 9.17) is 9.47 Å². The summed E-state index contributed by atoms with van der Waals surface area (Å²) in [6.07, 6.45) is 0. The van der Waals surface area contributed by atoms with Gasteiger partial charge >= 0.3 is 0 Å². The molecule has 1 aliphatic rings. The van der Waals surface area contributed by atoms with E-state index in [0.717, 1.165) is 55.7 Å². The van der Waals surface area contributed by atoms with Crippen LogP contribution in [0.25, 0.3) is 0 Å². The zero-order valence-corrected chi connectivity index (χ0v) is 18.6. The van der Waals surface area contributed by atoms with Gasteiger partial charge in [0, 0.05) is 58.4 Å². The highest BCUT2D eigenvalue weighted by Gasteiger charge is 2.20. The SMILES string of the molecule is CCS(=O)(=O)NCCNC(=NC)N1CCN(Cc2cc(OC)ccc2OC)CC1. The molecule has 1 saturated heterocycles. The van der Waals surface area contributed by atoms with Crippen molar-refractivity contribution < 1.29 is 17.9 Å². The molecule has 0 amide bonds. The van der Waals surface area contributed by atoms with Crippen molar-refractivity contribution in [2.24, 2.45) is 4.99 Å². The number of guanidine groups is 1. The first kappa shape index (κ1) is 23.2. The van der Waals surface area contributed by atoms with Gasteiger partial charge in [0.1, 0.15) is 11.5 Å². The number of hydrogen-bond donors (Lipinski definition) is 2. The number of sulfonamides is 1. The van der Waals surface area contributed by atoms with E-state index in [9.17, 15) is 8.42 Å². The van der Waals surface area contributed by atoms with Crippen molar-refractivity contribution in [2.75, 3.05) is 66.3 Å². The molecule has 0 radical (unpaired) electrons. The van der Waals surface area contributed by atoms with Crippen molar-refractivity contribution in [3.05, 3.63) is 23.8 Å². The number of ether oxygens (including phenoxy) is 2. The summed E-state index contributed by atoms with van der Waals surface area (Å²) < 4.78 is 36.3. The molecule has 1 fully saturated rings. The Kier molecular flexibility index (Phi) is 8.99. The van der Waals surface area contributed by atoms with E-state index in [1.165, 1.54) is 0 Å². The van der Waals surface area contributed by atoms with Crippen LogP contribution >= 0.6 is 0 Å². The monoisotopic (exact) mass is 427 g/mol. The molecular formula is C19H33N5O4S. The highest BCUT2D eigenvalue weighted by atomic mass is 32.2. The van der Waals surface area contributed by atoms with Crippen LogP contribution in [0.3, 0.4) is 0 Å². The fourth-order valence-electron chi connectivity index (χ4n) is 3.18. The molecule has 2 rings (SSSR count). The third-order valence-electron chi connectivity index (χ3n) is 4.88. The molecule has 1 aromatic carbocycles. The van der Waals surface area contributed by atoms with Gasteiger partial charge in [-0.25, -0.2) is 13.1 Å². The first-order chi connectivity index (χ1) is 13.9. The number of hydrogen-bond acceptors (Lipinski definition) is 6. The smallest absolute Gasteiger partial charge is 0.211 e. The predicted octanol–water partition coefficient (Wildman–Crippen LogP) is 0.336. The maximum atomic E-state index is 11.5. The van der Waals surface area contributed by atoms with Gasteiger partial charge in [-0.2, -0.15) is 0 Å². The lowest BCUT2D eigenvalue weighted by atomic mass is 10.1.